The lowest BCUT2D eigenvalue weighted by Crippen LogP contribution is -2.08. The molecule has 0 unspecified atom stereocenters. The molecule has 16 heavy (non-hydrogen) atoms. The molecule has 2 nitrogen and oxygen atoms in total. The Hall–Kier alpha value is -1.71. The van der Waals surface area contributed by atoms with Gasteiger partial charge in [0.15, 0.2) is 0 Å². The second kappa shape index (κ2) is 4.04. The van der Waals surface area contributed by atoms with Crippen LogP contribution in [-0.4, -0.2) is 19.1 Å². The van der Waals surface area contributed by atoms with E-state index in [-0.39, 0.29) is 5.69 Å². The van der Waals surface area contributed by atoms with E-state index in [0.717, 1.165) is 11.1 Å². The second-order valence-electron chi connectivity index (χ2n) is 3.81. The topological polar surface area (TPSA) is 16.1 Å². The third-order valence-corrected chi connectivity index (χ3v) is 2.43. The van der Waals surface area contributed by atoms with Crippen LogP contribution in [0.25, 0.3) is 10.9 Å². The van der Waals surface area contributed by atoms with Gasteiger partial charge < -0.3 is 4.90 Å². The Balaban J connectivity index is 2.53. The molecule has 2 aromatic rings. The Kier molecular flexibility index (Phi) is 2.73. The molecule has 0 saturated heterocycles. The highest BCUT2D eigenvalue weighted by Crippen LogP contribution is 2.23. The summed E-state index contributed by atoms with van der Waals surface area (Å²) in [5.74, 6) is 0. The van der Waals surface area contributed by atoms with Crippen LogP contribution in [0.2, 0.25) is 0 Å². The Morgan fingerprint density at radius 1 is 1.12 bits per heavy atom. The molecule has 0 N–H and O–H groups in total. The molecule has 0 bridgehead atoms. The number of hydrogen-bond acceptors (Lipinski definition) is 2. The first-order chi connectivity index (χ1) is 7.58. The molecule has 1 aromatic carbocycles. The first-order valence-corrected chi connectivity index (χ1v) is 4.94. The van der Waals surface area contributed by atoms with Crippen molar-refractivity contribution < 1.29 is 8.78 Å². The number of fused-ring (bicyclic) bond motifs is 1. The number of rotatable bonds is 2. The maximum Gasteiger partial charge on any atom is 0.280 e. The van der Waals surface area contributed by atoms with Crippen LogP contribution in [0.15, 0.2) is 30.3 Å². The molecular weight excluding hydrogens is 210 g/mol. The van der Waals surface area contributed by atoms with Crippen molar-refractivity contribution >= 4 is 16.6 Å². The number of anilines is 1. The summed E-state index contributed by atoms with van der Waals surface area (Å²) in [5.41, 5.74) is 1.45. The smallest absolute Gasteiger partial charge is 0.280 e. The lowest BCUT2D eigenvalue weighted by Gasteiger charge is -2.12. The number of alkyl halides is 2. The van der Waals surface area contributed by atoms with Gasteiger partial charge in [-0.15, -0.1) is 0 Å². The van der Waals surface area contributed by atoms with E-state index in [1.54, 1.807) is 12.1 Å². The normalized spacial score (nSPS) is 11.1. The van der Waals surface area contributed by atoms with Crippen LogP contribution in [0.3, 0.4) is 0 Å². The molecular formula is C12H12F2N2. The van der Waals surface area contributed by atoms with Crippen LogP contribution >= 0.6 is 0 Å². The highest BCUT2D eigenvalue weighted by molar-refractivity contribution is 5.82. The van der Waals surface area contributed by atoms with Crippen LogP contribution in [0.1, 0.15) is 12.1 Å². The highest BCUT2D eigenvalue weighted by atomic mass is 19.3. The van der Waals surface area contributed by atoms with E-state index >= 15 is 0 Å². The molecule has 4 heteroatoms. The molecule has 0 aliphatic heterocycles. The highest BCUT2D eigenvalue weighted by Gasteiger charge is 2.09. The lowest BCUT2D eigenvalue weighted by molar-refractivity contribution is 0.146. The van der Waals surface area contributed by atoms with Gasteiger partial charge in [-0.3, -0.25) is 0 Å². The summed E-state index contributed by atoms with van der Waals surface area (Å²) in [7, 11) is 3.87. The second-order valence-corrected chi connectivity index (χ2v) is 3.81. The summed E-state index contributed by atoms with van der Waals surface area (Å²) < 4.78 is 24.9. The van der Waals surface area contributed by atoms with Gasteiger partial charge in [-0.2, -0.15) is 0 Å². The maximum atomic E-state index is 12.4. The molecule has 0 amide bonds. The lowest BCUT2D eigenvalue weighted by atomic mass is 10.2. The predicted molar refractivity (Wildman–Crippen MR) is 61.0 cm³/mol. The molecule has 0 fully saturated rings. The standard InChI is InChI=1S/C12H12F2N2/c1-16(2)9-4-6-10-8(7-9)3-5-11(15-10)12(13)14/h3-7,12H,1-2H3. The average molecular weight is 222 g/mol. The Bertz CT molecular complexity index is 462. The molecule has 0 atom stereocenters. The molecule has 0 spiro atoms. The van der Waals surface area contributed by atoms with Crippen molar-refractivity contribution in [3.05, 3.63) is 36.0 Å². The predicted octanol–water partition coefficient (Wildman–Crippen LogP) is 3.24. The zero-order valence-electron chi connectivity index (χ0n) is 9.11. The maximum absolute atomic E-state index is 12.4. The van der Waals surface area contributed by atoms with Crippen LogP contribution < -0.4 is 4.90 Å². The molecule has 84 valence electrons. The van der Waals surface area contributed by atoms with E-state index in [4.69, 9.17) is 0 Å². The Morgan fingerprint density at radius 3 is 2.50 bits per heavy atom. The Morgan fingerprint density at radius 2 is 1.88 bits per heavy atom. The zero-order valence-corrected chi connectivity index (χ0v) is 9.11. The van der Waals surface area contributed by atoms with Gasteiger partial charge in [-0.25, -0.2) is 13.8 Å². The largest absolute Gasteiger partial charge is 0.378 e. The number of benzene rings is 1. The van der Waals surface area contributed by atoms with Gasteiger partial charge >= 0.3 is 0 Å². The molecule has 0 saturated carbocycles. The van der Waals surface area contributed by atoms with Crippen LogP contribution in [0.4, 0.5) is 14.5 Å². The number of aromatic nitrogens is 1. The molecule has 1 aromatic heterocycles. The molecule has 0 radical (unpaired) electrons. The van der Waals surface area contributed by atoms with Gasteiger partial charge in [0.1, 0.15) is 5.69 Å². The summed E-state index contributed by atoms with van der Waals surface area (Å²) in [6.07, 6.45) is -2.52. The summed E-state index contributed by atoms with van der Waals surface area (Å²) in [5, 5.41) is 0.871. The van der Waals surface area contributed by atoms with E-state index in [9.17, 15) is 8.78 Å². The Labute approximate surface area is 92.5 Å². The van der Waals surface area contributed by atoms with Crippen molar-refractivity contribution in [2.75, 3.05) is 19.0 Å². The van der Waals surface area contributed by atoms with Crippen molar-refractivity contribution in [1.29, 1.82) is 0 Å². The van der Waals surface area contributed by atoms with Crippen LogP contribution in [0, 0.1) is 0 Å². The van der Waals surface area contributed by atoms with Crippen LogP contribution in [0.5, 0.6) is 0 Å². The number of pyridine rings is 1. The van der Waals surface area contributed by atoms with Crippen molar-refractivity contribution in [1.82, 2.24) is 4.98 Å². The van der Waals surface area contributed by atoms with E-state index in [2.05, 4.69) is 4.98 Å². The minimum Gasteiger partial charge on any atom is -0.378 e. The monoisotopic (exact) mass is 222 g/mol. The fourth-order valence-electron chi connectivity index (χ4n) is 1.53. The van der Waals surface area contributed by atoms with Crippen molar-refractivity contribution in [3.63, 3.8) is 0 Å². The van der Waals surface area contributed by atoms with Gasteiger partial charge in [0.05, 0.1) is 5.52 Å². The summed E-state index contributed by atoms with van der Waals surface area (Å²) in [6, 6.07) is 8.60. The van der Waals surface area contributed by atoms with Gasteiger partial charge in [-0.1, -0.05) is 6.07 Å². The van der Waals surface area contributed by atoms with Gasteiger partial charge in [0.25, 0.3) is 6.43 Å². The fourth-order valence-corrected chi connectivity index (χ4v) is 1.53. The molecule has 2 rings (SSSR count). The van der Waals surface area contributed by atoms with Gasteiger partial charge in [0, 0.05) is 25.2 Å². The fraction of sp³-hybridized carbons (Fsp3) is 0.250. The van der Waals surface area contributed by atoms with Gasteiger partial charge in [-0.05, 0) is 24.3 Å². The van der Waals surface area contributed by atoms with Crippen molar-refractivity contribution in [2.24, 2.45) is 0 Å². The third kappa shape index (κ3) is 1.96. The summed E-state index contributed by atoms with van der Waals surface area (Å²) in [4.78, 5) is 5.87. The summed E-state index contributed by atoms with van der Waals surface area (Å²) >= 11 is 0. The number of nitrogens with zero attached hydrogens (tertiary/aromatic N) is 2. The van der Waals surface area contributed by atoms with E-state index < -0.39 is 6.43 Å². The van der Waals surface area contributed by atoms with E-state index in [1.807, 2.05) is 31.1 Å². The van der Waals surface area contributed by atoms with E-state index in [0.29, 0.717) is 5.52 Å². The first kappa shape index (κ1) is 10.8. The average Bonchev–Trinajstić information content (AvgIpc) is 2.27. The van der Waals surface area contributed by atoms with Crippen molar-refractivity contribution in [3.8, 4) is 0 Å². The minimum atomic E-state index is -2.52. The summed E-state index contributed by atoms with van der Waals surface area (Å²) in [6.45, 7) is 0. The zero-order chi connectivity index (χ0) is 11.7. The molecule has 0 aliphatic carbocycles. The van der Waals surface area contributed by atoms with Gasteiger partial charge in [0.2, 0.25) is 0 Å². The quantitative estimate of drug-likeness (QED) is 0.775. The number of hydrogen-bond donors (Lipinski definition) is 0. The number of halogens is 2. The minimum absolute atomic E-state index is 0.176. The first-order valence-electron chi connectivity index (χ1n) is 4.94. The third-order valence-electron chi connectivity index (χ3n) is 2.43. The molecule has 1 heterocycles. The van der Waals surface area contributed by atoms with Crippen molar-refractivity contribution in [2.45, 2.75) is 6.43 Å². The SMILES string of the molecule is CN(C)c1ccc2nc(C(F)F)ccc2c1. The van der Waals surface area contributed by atoms with E-state index in [1.165, 1.54) is 6.07 Å². The molecule has 0 aliphatic rings. The van der Waals surface area contributed by atoms with Crippen LogP contribution in [-0.2, 0) is 0 Å².